The van der Waals surface area contributed by atoms with E-state index in [4.69, 9.17) is 9.26 Å². The summed E-state index contributed by atoms with van der Waals surface area (Å²) < 4.78 is 14.1. The number of anilines is 1. The van der Waals surface area contributed by atoms with Crippen molar-refractivity contribution in [3.05, 3.63) is 69.7 Å². The van der Waals surface area contributed by atoms with Crippen molar-refractivity contribution in [3.8, 4) is 11.8 Å². The van der Waals surface area contributed by atoms with Gasteiger partial charge < -0.3 is 14.0 Å². The molecule has 1 N–H and O–H groups in total. The lowest BCUT2D eigenvalue weighted by molar-refractivity contribution is 0.0796. The highest BCUT2D eigenvalue weighted by Gasteiger charge is 2.20. The van der Waals surface area contributed by atoms with Gasteiger partial charge in [-0.1, -0.05) is 17.1 Å². The van der Waals surface area contributed by atoms with Gasteiger partial charge >= 0.3 is 0 Å². The summed E-state index contributed by atoms with van der Waals surface area (Å²) in [6.45, 7) is 8.68. The molecule has 0 saturated heterocycles. The topological polar surface area (TPSA) is 60.2 Å². The molecule has 1 aliphatic rings. The first-order chi connectivity index (χ1) is 13.5. The largest absolute Gasteiger partial charge is 0.369 e. The minimum Gasteiger partial charge on any atom is -0.369 e. The zero-order chi connectivity index (χ0) is 19.7. The van der Waals surface area contributed by atoms with Gasteiger partial charge in [0.1, 0.15) is 11.5 Å². The second-order valence-electron chi connectivity index (χ2n) is 6.84. The monoisotopic (exact) mass is 391 g/mol. The third-order valence-corrected chi connectivity index (χ3v) is 5.76. The lowest BCUT2D eigenvalue weighted by Gasteiger charge is -2.06. The molecule has 28 heavy (non-hydrogen) atoms. The molecule has 142 valence electrons. The Balaban J connectivity index is 1.58. The van der Waals surface area contributed by atoms with Crippen LogP contribution in [0.5, 0.6) is 0 Å². The van der Waals surface area contributed by atoms with Gasteiger partial charge in [-0.2, -0.15) is 0 Å². The summed E-state index contributed by atoms with van der Waals surface area (Å²) >= 11 is 1.43. The van der Waals surface area contributed by atoms with Crippen LogP contribution in [0.15, 0.2) is 39.9 Å². The first-order valence-electron chi connectivity index (χ1n) is 9.10. The number of ether oxygens (including phenoxy) is 1. The number of hydrogen-bond acceptors (Lipinski definition) is 6. The van der Waals surface area contributed by atoms with Crippen molar-refractivity contribution < 1.29 is 9.26 Å². The Morgan fingerprint density at radius 2 is 2.07 bits per heavy atom. The molecule has 5 nitrogen and oxygen atoms in total. The van der Waals surface area contributed by atoms with Gasteiger partial charge in [0.25, 0.3) is 0 Å². The minimum atomic E-state index is 0.157. The molecule has 4 rings (SSSR count). The number of rotatable bonds is 3. The molecule has 0 amide bonds. The van der Waals surface area contributed by atoms with E-state index in [-0.39, 0.29) is 6.10 Å². The number of pyridine rings is 1. The molecule has 0 radical (unpaired) electrons. The molecule has 3 heterocycles. The molecule has 1 unspecified atom stereocenters. The number of nitrogens with one attached hydrogen (secondary N) is 1. The van der Waals surface area contributed by atoms with E-state index in [1.807, 2.05) is 26.0 Å². The van der Waals surface area contributed by atoms with Crippen molar-refractivity contribution in [1.29, 1.82) is 0 Å². The Kier molecular flexibility index (Phi) is 5.12. The van der Waals surface area contributed by atoms with E-state index in [0.29, 0.717) is 12.4 Å². The number of aromatic nitrogens is 2. The number of fused-ring (bicyclic) bond motifs is 1. The smallest absolute Gasteiger partial charge is 0.182 e. The van der Waals surface area contributed by atoms with Crippen molar-refractivity contribution >= 4 is 17.8 Å². The number of hydrogen-bond donors (Lipinski definition) is 1. The summed E-state index contributed by atoms with van der Waals surface area (Å²) in [5.41, 5.74) is 6.36. The average molecular weight is 391 g/mol. The molecule has 0 fully saturated rings. The molecule has 3 aromatic rings. The summed E-state index contributed by atoms with van der Waals surface area (Å²) in [5, 5.41) is 4.03. The second kappa shape index (κ2) is 7.70. The lowest BCUT2D eigenvalue weighted by Crippen LogP contribution is -1.94. The molecular formula is C22H21N3O2S. The van der Waals surface area contributed by atoms with Gasteiger partial charge in [-0.3, -0.25) is 0 Å². The predicted octanol–water partition coefficient (Wildman–Crippen LogP) is 5.11. The first-order valence-corrected chi connectivity index (χ1v) is 9.92. The van der Waals surface area contributed by atoms with Crippen LogP contribution in [0.1, 0.15) is 52.3 Å². The Hall–Kier alpha value is -2.75. The van der Waals surface area contributed by atoms with E-state index in [1.54, 1.807) is 6.20 Å². The van der Waals surface area contributed by atoms with Gasteiger partial charge in [0, 0.05) is 17.3 Å². The van der Waals surface area contributed by atoms with E-state index in [0.717, 1.165) is 33.0 Å². The van der Waals surface area contributed by atoms with Gasteiger partial charge in [-0.05, 0) is 80.5 Å². The van der Waals surface area contributed by atoms with Crippen molar-refractivity contribution in [2.24, 2.45) is 0 Å². The SMILES string of the molecule is Cc1cc2c(cc1C#Cc1ncccc1SNc1noc(C)c1C)COC2C. The molecule has 1 atom stereocenters. The van der Waals surface area contributed by atoms with Crippen LogP contribution in [0.25, 0.3) is 0 Å². The lowest BCUT2D eigenvalue weighted by atomic mass is 9.98. The van der Waals surface area contributed by atoms with Gasteiger partial charge in [0.2, 0.25) is 0 Å². The molecule has 0 spiro atoms. The average Bonchev–Trinajstić information content (AvgIpc) is 3.21. The maximum absolute atomic E-state index is 5.71. The third-order valence-electron chi connectivity index (χ3n) is 4.91. The van der Waals surface area contributed by atoms with Crippen LogP contribution in [0.4, 0.5) is 5.82 Å². The van der Waals surface area contributed by atoms with Crippen molar-refractivity contribution in [3.63, 3.8) is 0 Å². The van der Waals surface area contributed by atoms with E-state index >= 15 is 0 Å². The van der Waals surface area contributed by atoms with Crippen LogP contribution in [0.2, 0.25) is 0 Å². The van der Waals surface area contributed by atoms with Crippen LogP contribution in [0, 0.1) is 32.6 Å². The van der Waals surface area contributed by atoms with E-state index < -0.39 is 0 Å². The zero-order valence-corrected chi connectivity index (χ0v) is 17.1. The third kappa shape index (κ3) is 3.64. The van der Waals surface area contributed by atoms with Crippen LogP contribution < -0.4 is 4.72 Å². The quantitative estimate of drug-likeness (QED) is 0.495. The molecule has 0 bridgehead atoms. The fourth-order valence-corrected chi connectivity index (χ4v) is 3.77. The Morgan fingerprint density at radius 3 is 2.86 bits per heavy atom. The van der Waals surface area contributed by atoms with Crippen LogP contribution in [-0.4, -0.2) is 10.1 Å². The summed E-state index contributed by atoms with van der Waals surface area (Å²) in [6, 6.07) is 8.20. The van der Waals surface area contributed by atoms with E-state index in [9.17, 15) is 0 Å². The molecular weight excluding hydrogens is 370 g/mol. The standard InChI is InChI=1S/C22H21N3O2S/c1-13-10-19-16(4)26-12-18(19)11-17(13)7-8-20-21(6-5-9-23-20)28-25-22-14(2)15(3)27-24-22/h5-6,9-11,16H,12H2,1-4H3,(H,24,25). The summed E-state index contributed by atoms with van der Waals surface area (Å²) in [7, 11) is 0. The Labute approximate surface area is 169 Å². The zero-order valence-electron chi connectivity index (χ0n) is 16.3. The van der Waals surface area contributed by atoms with Crippen molar-refractivity contribution in [2.75, 3.05) is 4.72 Å². The maximum atomic E-state index is 5.71. The normalized spacial score (nSPS) is 15.1. The Morgan fingerprint density at radius 1 is 1.21 bits per heavy atom. The fraction of sp³-hybridized carbons (Fsp3) is 0.273. The summed E-state index contributed by atoms with van der Waals surface area (Å²) in [6.07, 6.45) is 1.91. The molecule has 2 aromatic heterocycles. The Bertz CT molecular complexity index is 1090. The maximum Gasteiger partial charge on any atom is 0.182 e. The fourth-order valence-electron chi connectivity index (χ4n) is 3.03. The minimum absolute atomic E-state index is 0.157. The van der Waals surface area contributed by atoms with Gasteiger partial charge in [-0.25, -0.2) is 4.98 Å². The van der Waals surface area contributed by atoms with Gasteiger partial charge in [0.05, 0.1) is 17.6 Å². The number of nitrogens with zero attached hydrogens (tertiary/aromatic N) is 2. The number of benzene rings is 1. The summed E-state index contributed by atoms with van der Waals surface area (Å²) in [4.78, 5) is 5.38. The number of aryl methyl sites for hydroxylation is 2. The van der Waals surface area contributed by atoms with Crippen molar-refractivity contribution in [2.45, 2.75) is 45.3 Å². The van der Waals surface area contributed by atoms with Crippen molar-refractivity contribution in [1.82, 2.24) is 10.1 Å². The highest BCUT2D eigenvalue weighted by molar-refractivity contribution is 8.00. The van der Waals surface area contributed by atoms with Crippen LogP contribution in [0.3, 0.4) is 0 Å². The molecule has 1 aliphatic heterocycles. The first kappa shape index (κ1) is 18.6. The molecule has 0 saturated carbocycles. The van der Waals surface area contributed by atoms with E-state index in [1.165, 1.54) is 23.1 Å². The molecule has 0 aliphatic carbocycles. The van der Waals surface area contributed by atoms with Gasteiger partial charge in [-0.15, -0.1) is 0 Å². The van der Waals surface area contributed by atoms with Crippen LogP contribution >= 0.6 is 11.9 Å². The molecule has 1 aromatic carbocycles. The second-order valence-corrected chi connectivity index (χ2v) is 7.68. The highest BCUT2D eigenvalue weighted by atomic mass is 32.2. The van der Waals surface area contributed by atoms with E-state index in [2.05, 4.69) is 52.7 Å². The van der Waals surface area contributed by atoms with Crippen LogP contribution in [-0.2, 0) is 11.3 Å². The highest BCUT2D eigenvalue weighted by Crippen LogP contribution is 2.32. The summed E-state index contributed by atoms with van der Waals surface area (Å²) in [5.74, 6) is 8.03. The van der Waals surface area contributed by atoms with Gasteiger partial charge in [0.15, 0.2) is 5.82 Å². The predicted molar refractivity (Wildman–Crippen MR) is 110 cm³/mol. The molecule has 6 heteroatoms.